The molecule has 0 amide bonds. The lowest BCUT2D eigenvalue weighted by molar-refractivity contribution is 0.185. The predicted molar refractivity (Wildman–Crippen MR) is 89.5 cm³/mol. The number of aryl methyl sites for hydroxylation is 2. The SMILES string of the molecule is CCc1cc(CNc2cccc(Br)c2COC)n(CC)n1. The highest BCUT2D eigenvalue weighted by molar-refractivity contribution is 9.10. The van der Waals surface area contributed by atoms with Crippen molar-refractivity contribution in [2.24, 2.45) is 0 Å². The van der Waals surface area contributed by atoms with Crippen LogP contribution in [0.25, 0.3) is 0 Å². The van der Waals surface area contributed by atoms with Crippen LogP contribution in [0.2, 0.25) is 0 Å². The van der Waals surface area contributed by atoms with Crippen molar-refractivity contribution in [2.45, 2.75) is 40.0 Å². The van der Waals surface area contributed by atoms with Crippen LogP contribution in [0.15, 0.2) is 28.7 Å². The van der Waals surface area contributed by atoms with Crippen molar-refractivity contribution in [3.63, 3.8) is 0 Å². The number of hydrogen-bond acceptors (Lipinski definition) is 3. The number of aromatic nitrogens is 2. The maximum absolute atomic E-state index is 5.28. The van der Waals surface area contributed by atoms with E-state index in [0.29, 0.717) is 6.61 Å². The fraction of sp³-hybridized carbons (Fsp3) is 0.438. The lowest BCUT2D eigenvalue weighted by Gasteiger charge is -2.13. The lowest BCUT2D eigenvalue weighted by Crippen LogP contribution is -2.09. The van der Waals surface area contributed by atoms with Gasteiger partial charge in [-0.25, -0.2) is 0 Å². The Labute approximate surface area is 134 Å². The van der Waals surface area contributed by atoms with Crippen molar-refractivity contribution >= 4 is 21.6 Å². The van der Waals surface area contributed by atoms with Crippen molar-refractivity contribution in [2.75, 3.05) is 12.4 Å². The van der Waals surface area contributed by atoms with E-state index in [2.05, 4.69) is 57.0 Å². The van der Waals surface area contributed by atoms with Gasteiger partial charge in [-0.2, -0.15) is 5.10 Å². The molecule has 0 aliphatic heterocycles. The van der Waals surface area contributed by atoms with Crippen LogP contribution < -0.4 is 5.32 Å². The average molecular weight is 352 g/mol. The second-order valence-electron chi connectivity index (χ2n) is 4.85. The summed E-state index contributed by atoms with van der Waals surface area (Å²) in [7, 11) is 1.71. The first-order chi connectivity index (χ1) is 10.2. The zero-order chi connectivity index (χ0) is 15.2. The van der Waals surface area contributed by atoms with Crippen LogP contribution in [0.4, 0.5) is 5.69 Å². The summed E-state index contributed by atoms with van der Waals surface area (Å²) in [6.45, 7) is 6.47. The van der Waals surface area contributed by atoms with E-state index in [1.54, 1.807) is 7.11 Å². The van der Waals surface area contributed by atoms with Crippen LogP contribution >= 0.6 is 15.9 Å². The molecule has 21 heavy (non-hydrogen) atoms. The number of nitrogens with zero attached hydrogens (tertiary/aromatic N) is 2. The molecule has 0 spiro atoms. The first-order valence-corrected chi connectivity index (χ1v) is 8.04. The number of methoxy groups -OCH3 is 1. The van der Waals surface area contributed by atoms with E-state index >= 15 is 0 Å². The fourth-order valence-electron chi connectivity index (χ4n) is 2.30. The number of benzene rings is 1. The van der Waals surface area contributed by atoms with Crippen molar-refractivity contribution in [1.82, 2.24) is 9.78 Å². The molecule has 0 aliphatic carbocycles. The monoisotopic (exact) mass is 351 g/mol. The molecule has 114 valence electrons. The molecule has 1 aromatic heterocycles. The van der Waals surface area contributed by atoms with E-state index < -0.39 is 0 Å². The Hall–Kier alpha value is -1.33. The summed E-state index contributed by atoms with van der Waals surface area (Å²) in [6.07, 6.45) is 0.964. The summed E-state index contributed by atoms with van der Waals surface area (Å²) in [6, 6.07) is 8.31. The van der Waals surface area contributed by atoms with Gasteiger partial charge in [0.05, 0.1) is 24.5 Å². The number of halogens is 1. The number of rotatable bonds is 7. The largest absolute Gasteiger partial charge is 0.380 e. The summed E-state index contributed by atoms with van der Waals surface area (Å²) < 4.78 is 8.40. The third-order valence-electron chi connectivity index (χ3n) is 3.44. The maximum Gasteiger partial charge on any atom is 0.0744 e. The van der Waals surface area contributed by atoms with E-state index in [1.807, 2.05) is 12.1 Å². The normalized spacial score (nSPS) is 10.9. The van der Waals surface area contributed by atoms with Crippen LogP contribution in [0.5, 0.6) is 0 Å². The molecule has 4 nitrogen and oxygen atoms in total. The maximum atomic E-state index is 5.28. The number of nitrogens with one attached hydrogen (secondary N) is 1. The van der Waals surface area contributed by atoms with E-state index in [0.717, 1.165) is 40.9 Å². The fourth-order valence-corrected chi connectivity index (χ4v) is 2.79. The van der Waals surface area contributed by atoms with Gasteiger partial charge in [-0.1, -0.05) is 28.9 Å². The molecule has 0 saturated heterocycles. The summed E-state index contributed by atoms with van der Waals surface area (Å²) in [5.41, 5.74) is 4.57. The smallest absolute Gasteiger partial charge is 0.0744 e. The molecule has 0 saturated carbocycles. The Morgan fingerprint density at radius 2 is 2.14 bits per heavy atom. The quantitative estimate of drug-likeness (QED) is 0.819. The molecule has 1 aromatic carbocycles. The number of hydrogen-bond donors (Lipinski definition) is 1. The van der Waals surface area contributed by atoms with Gasteiger partial charge in [-0.3, -0.25) is 4.68 Å². The first kappa shape index (κ1) is 16.0. The van der Waals surface area contributed by atoms with Crippen LogP contribution in [0.3, 0.4) is 0 Å². The Balaban J connectivity index is 2.16. The van der Waals surface area contributed by atoms with Gasteiger partial charge in [0.15, 0.2) is 0 Å². The van der Waals surface area contributed by atoms with Gasteiger partial charge >= 0.3 is 0 Å². The molecule has 2 aromatic rings. The molecule has 2 rings (SSSR count). The zero-order valence-electron chi connectivity index (χ0n) is 12.8. The van der Waals surface area contributed by atoms with Gasteiger partial charge in [-0.05, 0) is 31.5 Å². The molecular formula is C16H22BrN3O. The minimum atomic E-state index is 0.580. The highest BCUT2D eigenvalue weighted by Gasteiger charge is 2.09. The van der Waals surface area contributed by atoms with E-state index in [-0.39, 0.29) is 0 Å². The molecule has 5 heteroatoms. The Bertz CT molecular complexity index is 595. The van der Waals surface area contributed by atoms with E-state index in [1.165, 1.54) is 5.69 Å². The van der Waals surface area contributed by atoms with Crippen LogP contribution in [-0.4, -0.2) is 16.9 Å². The summed E-state index contributed by atoms with van der Waals surface area (Å²) in [4.78, 5) is 0. The predicted octanol–water partition coefficient (Wildman–Crippen LogP) is 3.99. The van der Waals surface area contributed by atoms with Gasteiger partial charge in [0.1, 0.15) is 0 Å². The van der Waals surface area contributed by atoms with Crippen LogP contribution in [0, 0.1) is 0 Å². The Kier molecular flexibility index (Phi) is 5.82. The molecule has 0 atom stereocenters. The van der Waals surface area contributed by atoms with E-state index in [4.69, 9.17) is 4.74 Å². The number of ether oxygens (including phenoxy) is 1. The van der Waals surface area contributed by atoms with Crippen molar-refractivity contribution in [3.05, 3.63) is 45.7 Å². The second kappa shape index (κ2) is 7.61. The Morgan fingerprint density at radius 1 is 1.33 bits per heavy atom. The van der Waals surface area contributed by atoms with Gasteiger partial charge in [0.2, 0.25) is 0 Å². The van der Waals surface area contributed by atoms with Crippen molar-refractivity contribution < 1.29 is 4.74 Å². The molecule has 0 radical (unpaired) electrons. The standard InChI is InChI=1S/C16H22BrN3O/c1-4-12-9-13(20(5-2)19-12)10-18-16-8-6-7-15(17)14(16)11-21-3/h6-9,18H,4-5,10-11H2,1-3H3. The third kappa shape index (κ3) is 3.86. The zero-order valence-corrected chi connectivity index (χ0v) is 14.4. The highest BCUT2D eigenvalue weighted by Crippen LogP contribution is 2.26. The first-order valence-electron chi connectivity index (χ1n) is 7.25. The molecular weight excluding hydrogens is 330 g/mol. The van der Waals surface area contributed by atoms with Crippen LogP contribution in [0.1, 0.15) is 30.8 Å². The van der Waals surface area contributed by atoms with Gasteiger partial charge < -0.3 is 10.1 Å². The van der Waals surface area contributed by atoms with Gasteiger partial charge in [0, 0.05) is 29.4 Å². The second-order valence-corrected chi connectivity index (χ2v) is 5.70. The molecule has 0 aliphatic rings. The van der Waals surface area contributed by atoms with Crippen molar-refractivity contribution in [1.29, 1.82) is 0 Å². The highest BCUT2D eigenvalue weighted by atomic mass is 79.9. The summed E-state index contributed by atoms with van der Waals surface area (Å²) in [5, 5.41) is 8.07. The van der Waals surface area contributed by atoms with Crippen LogP contribution in [-0.2, 0) is 30.9 Å². The molecule has 0 fully saturated rings. The lowest BCUT2D eigenvalue weighted by atomic mass is 10.2. The van der Waals surface area contributed by atoms with Crippen molar-refractivity contribution in [3.8, 4) is 0 Å². The molecule has 0 bridgehead atoms. The Morgan fingerprint density at radius 3 is 2.81 bits per heavy atom. The molecule has 0 unspecified atom stereocenters. The summed E-state index contributed by atoms with van der Waals surface area (Å²) >= 11 is 3.58. The van der Waals surface area contributed by atoms with E-state index in [9.17, 15) is 0 Å². The topological polar surface area (TPSA) is 39.1 Å². The van der Waals surface area contributed by atoms with Gasteiger partial charge in [0.25, 0.3) is 0 Å². The van der Waals surface area contributed by atoms with Gasteiger partial charge in [-0.15, -0.1) is 0 Å². The minimum Gasteiger partial charge on any atom is -0.380 e. The average Bonchev–Trinajstić information content (AvgIpc) is 2.90. The third-order valence-corrected chi connectivity index (χ3v) is 4.19. The number of anilines is 1. The molecule has 1 N–H and O–H groups in total. The minimum absolute atomic E-state index is 0.580. The summed E-state index contributed by atoms with van der Waals surface area (Å²) in [5.74, 6) is 0. The molecule has 1 heterocycles.